The highest BCUT2D eigenvalue weighted by atomic mass is 32.2. The highest BCUT2D eigenvalue weighted by Gasteiger charge is 2.53. The molecule has 1 aromatic heterocycles. The zero-order valence-corrected chi connectivity index (χ0v) is 21.0. The summed E-state index contributed by atoms with van der Waals surface area (Å²) in [5, 5.41) is 3.83. The van der Waals surface area contributed by atoms with Crippen molar-refractivity contribution in [2.75, 3.05) is 23.7 Å². The third kappa shape index (κ3) is 5.46. The number of amides is 1. The lowest BCUT2D eigenvalue weighted by molar-refractivity contribution is -0.120. The molecule has 8 nitrogen and oxygen atoms in total. The van der Waals surface area contributed by atoms with Crippen molar-refractivity contribution in [2.24, 2.45) is 11.3 Å². The topological polar surface area (TPSA) is 110 Å². The van der Waals surface area contributed by atoms with E-state index in [1.807, 2.05) is 52.0 Å². The summed E-state index contributed by atoms with van der Waals surface area (Å²) in [7, 11) is 0. The lowest BCUT2D eigenvalue weighted by Crippen LogP contribution is -2.53. The van der Waals surface area contributed by atoms with Gasteiger partial charge < -0.3 is 20.7 Å². The first-order chi connectivity index (χ1) is 16.0. The van der Waals surface area contributed by atoms with E-state index in [4.69, 9.17) is 10.5 Å². The molecule has 1 saturated heterocycles. The van der Waals surface area contributed by atoms with Gasteiger partial charge in [0.1, 0.15) is 22.2 Å². The highest BCUT2D eigenvalue weighted by molar-refractivity contribution is 7.99. The van der Waals surface area contributed by atoms with E-state index in [9.17, 15) is 9.59 Å². The number of anilines is 2. The van der Waals surface area contributed by atoms with Crippen molar-refractivity contribution >= 4 is 35.1 Å². The summed E-state index contributed by atoms with van der Waals surface area (Å²) in [4.78, 5) is 37.5. The smallest absolute Gasteiger partial charge is 0.407 e. The zero-order valence-electron chi connectivity index (χ0n) is 20.2. The normalized spacial score (nSPS) is 22.1. The molecule has 2 atom stereocenters. The molecule has 2 heterocycles. The second-order valence-electron chi connectivity index (χ2n) is 10.3. The molecule has 1 aliphatic carbocycles. The summed E-state index contributed by atoms with van der Waals surface area (Å²) in [6.07, 6.45) is 5.20. The molecule has 0 bridgehead atoms. The number of aromatic nitrogens is 2. The number of carbonyl (C=O) groups excluding carboxylic acids is 2. The molecule has 0 radical (unpaired) electrons. The third-order valence-corrected chi connectivity index (χ3v) is 7.55. The molecular formula is C25H33N5O3S. The van der Waals surface area contributed by atoms with Crippen LogP contribution < -0.4 is 16.0 Å². The number of benzene rings is 1. The van der Waals surface area contributed by atoms with Gasteiger partial charge >= 0.3 is 6.09 Å². The van der Waals surface area contributed by atoms with E-state index in [0.717, 1.165) is 47.4 Å². The molecule has 182 valence electrons. The Morgan fingerprint density at radius 3 is 2.59 bits per heavy atom. The van der Waals surface area contributed by atoms with Gasteiger partial charge in [0.25, 0.3) is 0 Å². The monoisotopic (exact) mass is 483 g/mol. The fourth-order valence-corrected chi connectivity index (χ4v) is 5.73. The number of carbonyl (C=O) groups is 2. The lowest BCUT2D eigenvalue weighted by atomic mass is 9.73. The average Bonchev–Trinajstić information content (AvgIpc) is 2.98. The van der Waals surface area contributed by atoms with Crippen LogP contribution in [0.1, 0.15) is 47.0 Å². The molecule has 4 rings (SSSR count). The summed E-state index contributed by atoms with van der Waals surface area (Å²) >= 11 is 1.52. The zero-order chi connectivity index (χ0) is 24.5. The molecule has 1 amide bonds. The summed E-state index contributed by atoms with van der Waals surface area (Å²) in [5.41, 5.74) is 5.74. The number of hydrogen-bond donors (Lipinski definition) is 2. The molecule has 9 heteroatoms. The van der Waals surface area contributed by atoms with Gasteiger partial charge in [-0.05, 0) is 51.8 Å². The number of ketones is 1. The first-order valence-corrected chi connectivity index (χ1v) is 12.5. The molecule has 1 aliphatic heterocycles. The van der Waals surface area contributed by atoms with Crippen molar-refractivity contribution in [3.8, 4) is 0 Å². The fourth-order valence-electron chi connectivity index (χ4n) is 4.94. The first kappa shape index (κ1) is 24.3. The van der Waals surface area contributed by atoms with Gasteiger partial charge in [-0.1, -0.05) is 24.8 Å². The SMILES string of the molecule is C[C@@H]1C(=O)CC2(CCN(c3cnc(Sc4cccc(N)c4)cn3)CC2)[C@H]1NC(=O)OC(C)(C)C. The number of nitrogens with two attached hydrogens (primary N) is 1. The fraction of sp³-hybridized carbons (Fsp3) is 0.520. The van der Waals surface area contributed by atoms with Gasteiger partial charge in [0, 0.05) is 47.5 Å². The second-order valence-corrected chi connectivity index (χ2v) is 11.4. The molecule has 1 spiro atoms. The quantitative estimate of drug-likeness (QED) is 0.620. The van der Waals surface area contributed by atoms with E-state index >= 15 is 0 Å². The van der Waals surface area contributed by atoms with Crippen molar-refractivity contribution in [1.82, 2.24) is 15.3 Å². The van der Waals surface area contributed by atoms with Crippen LogP contribution in [0, 0.1) is 11.3 Å². The largest absolute Gasteiger partial charge is 0.444 e. The number of hydrogen-bond acceptors (Lipinski definition) is 8. The Morgan fingerprint density at radius 2 is 1.97 bits per heavy atom. The summed E-state index contributed by atoms with van der Waals surface area (Å²) in [5.74, 6) is 0.806. The molecule has 0 unspecified atom stereocenters. The highest BCUT2D eigenvalue weighted by Crippen LogP contribution is 2.47. The molecule has 2 aromatic rings. The van der Waals surface area contributed by atoms with Gasteiger partial charge in [0.05, 0.1) is 12.4 Å². The molecule has 2 fully saturated rings. The Kier molecular flexibility index (Phi) is 6.75. The Morgan fingerprint density at radius 1 is 1.24 bits per heavy atom. The lowest BCUT2D eigenvalue weighted by Gasteiger charge is -2.43. The van der Waals surface area contributed by atoms with E-state index in [0.29, 0.717) is 6.42 Å². The van der Waals surface area contributed by atoms with Crippen LogP contribution >= 0.6 is 11.8 Å². The number of nitrogens with zero attached hydrogens (tertiary/aromatic N) is 3. The Bertz CT molecular complexity index is 1050. The molecule has 1 saturated carbocycles. The van der Waals surface area contributed by atoms with Crippen LogP contribution in [0.5, 0.6) is 0 Å². The van der Waals surface area contributed by atoms with E-state index in [1.165, 1.54) is 11.8 Å². The molecule has 2 aliphatic rings. The van der Waals surface area contributed by atoms with Gasteiger partial charge in [-0.3, -0.25) is 4.79 Å². The predicted octanol–water partition coefficient (Wildman–Crippen LogP) is 4.30. The number of rotatable bonds is 4. The average molecular weight is 484 g/mol. The van der Waals surface area contributed by atoms with Crippen LogP contribution in [0.25, 0.3) is 0 Å². The first-order valence-electron chi connectivity index (χ1n) is 11.7. The minimum atomic E-state index is -0.581. The van der Waals surface area contributed by atoms with Crippen molar-refractivity contribution in [3.05, 3.63) is 36.7 Å². The Labute approximate surface area is 205 Å². The summed E-state index contributed by atoms with van der Waals surface area (Å²) in [6, 6.07) is 7.46. The van der Waals surface area contributed by atoms with Crippen LogP contribution in [0.2, 0.25) is 0 Å². The number of nitrogen functional groups attached to an aromatic ring is 1. The summed E-state index contributed by atoms with van der Waals surface area (Å²) in [6.45, 7) is 8.93. The minimum absolute atomic E-state index is 0.206. The van der Waals surface area contributed by atoms with Gasteiger partial charge in [-0.25, -0.2) is 14.8 Å². The number of ether oxygens (including phenoxy) is 1. The van der Waals surface area contributed by atoms with E-state index in [1.54, 1.807) is 12.4 Å². The van der Waals surface area contributed by atoms with Gasteiger partial charge in [-0.15, -0.1) is 0 Å². The van der Waals surface area contributed by atoms with Crippen LogP contribution in [0.3, 0.4) is 0 Å². The second kappa shape index (κ2) is 9.44. The summed E-state index contributed by atoms with van der Waals surface area (Å²) < 4.78 is 5.47. The predicted molar refractivity (Wildman–Crippen MR) is 133 cm³/mol. The molecule has 34 heavy (non-hydrogen) atoms. The van der Waals surface area contributed by atoms with Crippen molar-refractivity contribution in [1.29, 1.82) is 0 Å². The van der Waals surface area contributed by atoms with Crippen LogP contribution in [-0.4, -0.2) is 46.6 Å². The molecule has 1 aromatic carbocycles. The number of alkyl carbamates (subject to hydrolysis) is 1. The van der Waals surface area contributed by atoms with Gasteiger partial charge in [0.2, 0.25) is 0 Å². The van der Waals surface area contributed by atoms with Crippen molar-refractivity contribution < 1.29 is 14.3 Å². The maximum Gasteiger partial charge on any atom is 0.407 e. The van der Waals surface area contributed by atoms with Crippen molar-refractivity contribution in [3.63, 3.8) is 0 Å². The van der Waals surface area contributed by atoms with E-state index < -0.39 is 11.7 Å². The number of nitrogens with one attached hydrogen (secondary N) is 1. The van der Waals surface area contributed by atoms with Crippen LogP contribution in [0.15, 0.2) is 46.6 Å². The number of Topliss-reactive ketones (excluding diaryl/α,β-unsaturated/α-hetero) is 1. The van der Waals surface area contributed by atoms with Gasteiger partial charge in [0.15, 0.2) is 0 Å². The van der Waals surface area contributed by atoms with Crippen LogP contribution in [-0.2, 0) is 9.53 Å². The van der Waals surface area contributed by atoms with E-state index in [-0.39, 0.29) is 23.2 Å². The third-order valence-electron chi connectivity index (χ3n) is 6.64. The van der Waals surface area contributed by atoms with Crippen LogP contribution in [0.4, 0.5) is 16.3 Å². The molecular weight excluding hydrogens is 450 g/mol. The van der Waals surface area contributed by atoms with Gasteiger partial charge in [-0.2, -0.15) is 0 Å². The Balaban J connectivity index is 1.40. The maximum atomic E-state index is 12.6. The Hall–Kier alpha value is -2.81. The van der Waals surface area contributed by atoms with Crippen molar-refractivity contribution in [2.45, 2.75) is 68.5 Å². The van der Waals surface area contributed by atoms with E-state index in [2.05, 4.69) is 20.2 Å². The maximum absolute atomic E-state index is 12.6. The molecule has 3 N–H and O–H groups in total. The standard InChI is InChI=1S/C25H33N5O3S/c1-16-19(31)13-25(22(16)29-23(32)33-24(2,3)4)8-10-30(11-9-25)20-14-28-21(15-27-20)34-18-7-5-6-17(26)12-18/h5-7,12,14-16,22H,8-11,13,26H2,1-4H3,(H,29,32)/t16-,22+/m1/s1. The number of piperidine rings is 1. The minimum Gasteiger partial charge on any atom is -0.444 e.